The molecular weight excluding hydrogens is 400 g/mol. The molecule has 3 rings (SSSR count). The number of benzene rings is 2. The first-order valence-electron chi connectivity index (χ1n) is 11.8. The summed E-state index contributed by atoms with van der Waals surface area (Å²) in [6, 6.07) is 15.4. The Morgan fingerprint density at radius 2 is 1.78 bits per heavy atom. The van der Waals surface area contributed by atoms with E-state index in [-0.39, 0.29) is 24.3 Å². The van der Waals surface area contributed by atoms with E-state index < -0.39 is 6.04 Å². The van der Waals surface area contributed by atoms with Crippen molar-refractivity contribution in [3.8, 4) is 5.75 Å². The van der Waals surface area contributed by atoms with Crippen LogP contribution in [0, 0.1) is 6.92 Å². The Labute approximate surface area is 192 Å². The zero-order valence-electron chi connectivity index (χ0n) is 19.6. The third-order valence-corrected chi connectivity index (χ3v) is 6.26. The van der Waals surface area contributed by atoms with E-state index >= 15 is 0 Å². The summed E-state index contributed by atoms with van der Waals surface area (Å²) in [5.41, 5.74) is 3.04. The number of hydrogen-bond donors (Lipinski definition) is 1. The van der Waals surface area contributed by atoms with Crippen molar-refractivity contribution in [2.45, 2.75) is 77.4 Å². The van der Waals surface area contributed by atoms with Gasteiger partial charge in [0, 0.05) is 12.6 Å². The molecule has 0 unspecified atom stereocenters. The maximum Gasteiger partial charge on any atom is 0.243 e. The van der Waals surface area contributed by atoms with Crippen LogP contribution >= 0.6 is 0 Å². The summed E-state index contributed by atoms with van der Waals surface area (Å²) in [4.78, 5) is 28.5. The number of amides is 2. The molecule has 0 aliphatic heterocycles. The second-order valence-corrected chi connectivity index (χ2v) is 8.81. The molecule has 5 nitrogen and oxygen atoms in total. The molecule has 1 atom stereocenters. The average molecular weight is 437 g/mol. The molecule has 2 aromatic carbocycles. The molecule has 1 aliphatic carbocycles. The van der Waals surface area contributed by atoms with Crippen molar-refractivity contribution < 1.29 is 14.3 Å². The van der Waals surface area contributed by atoms with Crippen molar-refractivity contribution in [2.75, 3.05) is 7.11 Å². The first-order chi connectivity index (χ1) is 15.5. The fourth-order valence-corrected chi connectivity index (χ4v) is 4.53. The van der Waals surface area contributed by atoms with Gasteiger partial charge in [0.1, 0.15) is 11.8 Å². The summed E-state index contributed by atoms with van der Waals surface area (Å²) in [6.07, 6.45) is 6.44. The molecule has 2 aromatic rings. The monoisotopic (exact) mass is 436 g/mol. The van der Waals surface area contributed by atoms with Gasteiger partial charge in [-0.05, 0) is 49.4 Å². The maximum atomic E-state index is 13.5. The predicted octanol–water partition coefficient (Wildman–Crippen LogP) is 4.80. The zero-order valence-corrected chi connectivity index (χ0v) is 19.6. The summed E-state index contributed by atoms with van der Waals surface area (Å²) in [5, 5.41) is 3.23. The van der Waals surface area contributed by atoms with Crippen LogP contribution in [0.4, 0.5) is 0 Å². The first kappa shape index (κ1) is 23.8. The van der Waals surface area contributed by atoms with E-state index in [1.807, 2.05) is 62.4 Å². The Morgan fingerprint density at radius 3 is 2.47 bits per heavy atom. The van der Waals surface area contributed by atoms with Crippen LogP contribution in [0.1, 0.15) is 62.1 Å². The van der Waals surface area contributed by atoms with Crippen LogP contribution in [0.2, 0.25) is 0 Å². The number of rotatable bonds is 9. The topological polar surface area (TPSA) is 58.6 Å². The van der Waals surface area contributed by atoms with E-state index in [0.29, 0.717) is 13.0 Å². The second kappa shape index (κ2) is 11.7. The van der Waals surface area contributed by atoms with Gasteiger partial charge in [0.25, 0.3) is 0 Å². The molecule has 0 heterocycles. The zero-order chi connectivity index (χ0) is 22.9. The van der Waals surface area contributed by atoms with Crippen LogP contribution in [0.3, 0.4) is 0 Å². The van der Waals surface area contributed by atoms with Crippen molar-refractivity contribution in [2.24, 2.45) is 0 Å². The molecule has 1 saturated carbocycles. The molecule has 0 spiro atoms. The van der Waals surface area contributed by atoms with Gasteiger partial charge in [-0.1, -0.05) is 68.1 Å². The van der Waals surface area contributed by atoms with Crippen molar-refractivity contribution in [3.05, 3.63) is 65.2 Å². The Morgan fingerprint density at radius 1 is 1.06 bits per heavy atom. The minimum atomic E-state index is -0.500. The third-order valence-electron chi connectivity index (χ3n) is 6.26. The van der Waals surface area contributed by atoms with E-state index in [0.717, 1.165) is 48.1 Å². The number of carbonyl (C=O) groups excluding carboxylic acids is 2. The Balaban J connectivity index is 1.82. The number of nitrogens with zero attached hydrogens (tertiary/aromatic N) is 1. The molecule has 0 bridgehead atoms. The lowest BCUT2D eigenvalue weighted by Gasteiger charge is -2.33. The molecule has 5 heteroatoms. The normalized spacial score (nSPS) is 15.1. The SMILES string of the molecule is CC[C@H](C(=O)NC1CCCCC1)N(Cc1cccc(OC)c1)C(=O)Cc1cccc(C)c1. The largest absolute Gasteiger partial charge is 0.497 e. The van der Waals surface area contributed by atoms with E-state index in [1.54, 1.807) is 12.0 Å². The Bertz CT molecular complexity index is 905. The summed E-state index contributed by atoms with van der Waals surface area (Å²) in [7, 11) is 1.63. The second-order valence-electron chi connectivity index (χ2n) is 8.81. The summed E-state index contributed by atoms with van der Waals surface area (Å²) in [5.74, 6) is 0.664. The quantitative estimate of drug-likeness (QED) is 0.614. The average Bonchev–Trinajstić information content (AvgIpc) is 2.79. The lowest BCUT2D eigenvalue weighted by atomic mass is 9.95. The number of ether oxygens (including phenoxy) is 1. The highest BCUT2D eigenvalue weighted by Gasteiger charge is 2.30. The summed E-state index contributed by atoms with van der Waals surface area (Å²) < 4.78 is 5.36. The number of methoxy groups -OCH3 is 1. The van der Waals surface area contributed by atoms with E-state index in [2.05, 4.69) is 5.32 Å². The predicted molar refractivity (Wildman–Crippen MR) is 128 cm³/mol. The Kier molecular flexibility index (Phi) is 8.72. The molecule has 0 radical (unpaired) electrons. The number of nitrogens with one attached hydrogen (secondary N) is 1. The standard InChI is InChI=1S/C27H36N2O3/c1-4-25(27(31)28-23-13-6-5-7-14-23)29(19-22-12-9-15-24(17-22)32-3)26(30)18-21-11-8-10-20(2)16-21/h8-12,15-17,23,25H,4-7,13-14,18-19H2,1-3H3,(H,28,31)/t25-/m1/s1. The smallest absolute Gasteiger partial charge is 0.243 e. The van der Waals surface area contributed by atoms with Gasteiger partial charge in [0.05, 0.1) is 13.5 Å². The minimum absolute atomic E-state index is 0.0379. The van der Waals surface area contributed by atoms with Crippen LogP contribution in [0.25, 0.3) is 0 Å². The highest BCUT2D eigenvalue weighted by molar-refractivity contribution is 5.88. The van der Waals surface area contributed by atoms with Crippen molar-refractivity contribution in [1.82, 2.24) is 10.2 Å². The van der Waals surface area contributed by atoms with Crippen LogP contribution in [0.15, 0.2) is 48.5 Å². The molecule has 1 fully saturated rings. The fourth-order valence-electron chi connectivity index (χ4n) is 4.53. The molecular formula is C27H36N2O3. The highest BCUT2D eigenvalue weighted by Crippen LogP contribution is 2.21. The lowest BCUT2D eigenvalue weighted by molar-refractivity contribution is -0.141. The molecule has 0 aromatic heterocycles. The molecule has 0 saturated heterocycles. The Hall–Kier alpha value is -2.82. The summed E-state index contributed by atoms with van der Waals surface area (Å²) >= 11 is 0. The van der Waals surface area contributed by atoms with Gasteiger partial charge in [-0.2, -0.15) is 0 Å². The van der Waals surface area contributed by atoms with Gasteiger partial charge in [0.2, 0.25) is 11.8 Å². The van der Waals surface area contributed by atoms with Crippen molar-refractivity contribution in [1.29, 1.82) is 0 Å². The third kappa shape index (κ3) is 6.59. The van der Waals surface area contributed by atoms with Crippen LogP contribution in [-0.2, 0) is 22.6 Å². The van der Waals surface area contributed by atoms with E-state index in [1.165, 1.54) is 6.42 Å². The molecule has 172 valence electrons. The van der Waals surface area contributed by atoms with Crippen molar-refractivity contribution >= 4 is 11.8 Å². The fraction of sp³-hybridized carbons (Fsp3) is 0.481. The minimum Gasteiger partial charge on any atom is -0.497 e. The van der Waals surface area contributed by atoms with Gasteiger partial charge in [-0.3, -0.25) is 9.59 Å². The summed E-state index contributed by atoms with van der Waals surface area (Å²) in [6.45, 7) is 4.37. The molecule has 1 N–H and O–H groups in total. The maximum absolute atomic E-state index is 13.5. The number of aryl methyl sites for hydroxylation is 1. The molecule has 32 heavy (non-hydrogen) atoms. The number of hydrogen-bond acceptors (Lipinski definition) is 3. The van der Waals surface area contributed by atoms with Crippen LogP contribution < -0.4 is 10.1 Å². The van der Waals surface area contributed by atoms with Gasteiger partial charge in [-0.15, -0.1) is 0 Å². The lowest BCUT2D eigenvalue weighted by Crippen LogP contribution is -2.51. The van der Waals surface area contributed by atoms with E-state index in [9.17, 15) is 9.59 Å². The van der Waals surface area contributed by atoms with Gasteiger partial charge in [-0.25, -0.2) is 0 Å². The van der Waals surface area contributed by atoms with E-state index in [4.69, 9.17) is 4.74 Å². The van der Waals surface area contributed by atoms with Gasteiger partial charge >= 0.3 is 0 Å². The van der Waals surface area contributed by atoms with Gasteiger partial charge in [0.15, 0.2) is 0 Å². The van der Waals surface area contributed by atoms with Crippen molar-refractivity contribution in [3.63, 3.8) is 0 Å². The van der Waals surface area contributed by atoms with Gasteiger partial charge < -0.3 is 15.0 Å². The van der Waals surface area contributed by atoms with Crippen LogP contribution in [-0.4, -0.2) is 35.9 Å². The highest BCUT2D eigenvalue weighted by atomic mass is 16.5. The van der Waals surface area contributed by atoms with Crippen LogP contribution in [0.5, 0.6) is 5.75 Å². The first-order valence-corrected chi connectivity index (χ1v) is 11.8. The molecule has 1 aliphatic rings. The number of carbonyl (C=O) groups is 2. The molecule has 2 amide bonds.